The highest BCUT2D eigenvalue weighted by Crippen LogP contribution is 2.18. The van der Waals surface area contributed by atoms with Crippen molar-refractivity contribution >= 4 is 16.7 Å². The van der Waals surface area contributed by atoms with Gasteiger partial charge in [-0.1, -0.05) is 30.3 Å². The Labute approximate surface area is 205 Å². The number of H-pyrrole nitrogens is 1. The van der Waals surface area contributed by atoms with E-state index in [1.54, 1.807) is 17.0 Å². The highest BCUT2D eigenvalue weighted by atomic mass is 19.1. The van der Waals surface area contributed by atoms with Crippen LogP contribution in [0.4, 0.5) is 14.6 Å². The molecule has 0 bridgehead atoms. The predicted molar refractivity (Wildman–Crippen MR) is 135 cm³/mol. The quantitative estimate of drug-likeness (QED) is 0.268. The van der Waals surface area contributed by atoms with Gasteiger partial charge in [-0.25, -0.2) is 13.8 Å². The monoisotopic (exact) mass is 486 g/mol. The maximum atomic E-state index is 13.5. The molecule has 0 aliphatic carbocycles. The zero-order valence-electron chi connectivity index (χ0n) is 19.3. The average molecular weight is 487 g/mol. The van der Waals surface area contributed by atoms with Crippen molar-refractivity contribution in [2.75, 3.05) is 11.9 Å². The molecule has 0 saturated heterocycles. The number of anilines is 1. The van der Waals surface area contributed by atoms with E-state index in [1.807, 2.05) is 48.7 Å². The molecule has 36 heavy (non-hydrogen) atoms. The number of aromatic nitrogens is 4. The van der Waals surface area contributed by atoms with Gasteiger partial charge < -0.3 is 20.2 Å². The largest absolute Gasteiger partial charge is 0.361 e. The number of pyridine rings is 1. The molecule has 9 heteroatoms. The molecular weight excluding hydrogens is 462 g/mol. The van der Waals surface area contributed by atoms with E-state index >= 15 is 0 Å². The second-order valence-electron chi connectivity index (χ2n) is 8.38. The molecule has 0 aliphatic heterocycles. The second-order valence-corrected chi connectivity index (χ2v) is 8.38. The van der Waals surface area contributed by atoms with E-state index in [2.05, 4.69) is 25.6 Å². The molecule has 182 valence electrons. The minimum atomic E-state index is -0.672. The zero-order valence-corrected chi connectivity index (χ0v) is 19.3. The molecule has 3 aromatic heterocycles. The van der Waals surface area contributed by atoms with Crippen molar-refractivity contribution in [2.24, 2.45) is 0 Å². The van der Waals surface area contributed by atoms with Crippen LogP contribution in [-0.2, 0) is 19.6 Å². The molecule has 5 aromatic rings. The van der Waals surface area contributed by atoms with Gasteiger partial charge in [0.25, 0.3) is 5.56 Å². The number of hydrogen-bond acceptors (Lipinski definition) is 5. The lowest BCUT2D eigenvalue weighted by Crippen LogP contribution is -2.30. The third-order valence-corrected chi connectivity index (χ3v) is 5.81. The number of nitrogens with one attached hydrogen (secondary N) is 3. The van der Waals surface area contributed by atoms with Gasteiger partial charge in [-0.3, -0.25) is 9.78 Å². The van der Waals surface area contributed by atoms with Gasteiger partial charge in [-0.2, -0.15) is 0 Å². The second kappa shape index (κ2) is 10.5. The van der Waals surface area contributed by atoms with Crippen LogP contribution in [0.3, 0.4) is 0 Å². The Balaban J connectivity index is 1.33. The lowest BCUT2D eigenvalue weighted by molar-refractivity contribution is 0.579. The van der Waals surface area contributed by atoms with Gasteiger partial charge >= 0.3 is 0 Å². The Morgan fingerprint density at radius 3 is 2.53 bits per heavy atom. The maximum Gasteiger partial charge on any atom is 0.293 e. The lowest BCUT2D eigenvalue weighted by atomic mass is 10.1. The van der Waals surface area contributed by atoms with Gasteiger partial charge in [-0.05, 0) is 35.4 Å². The molecule has 0 aliphatic rings. The maximum absolute atomic E-state index is 13.5. The van der Waals surface area contributed by atoms with Crippen molar-refractivity contribution in [1.29, 1.82) is 0 Å². The minimum absolute atomic E-state index is 0.0646. The van der Waals surface area contributed by atoms with Gasteiger partial charge in [0.2, 0.25) is 0 Å². The summed E-state index contributed by atoms with van der Waals surface area (Å²) in [6.07, 6.45) is 5.19. The number of rotatable bonds is 9. The highest BCUT2D eigenvalue weighted by Gasteiger charge is 2.12. The summed E-state index contributed by atoms with van der Waals surface area (Å²) in [5, 5.41) is 7.34. The first-order valence-electron chi connectivity index (χ1n) is 11.5. The lowest BCUT2D eigenvalue weighted by Gasteiger charge is -2.15. The number of halogens is 2. The molecule has 0 radical (unpaired) electrons. The molecule has 3 N–H and O–H groups in total. The first kappa shape index (κ1) is 23.4. The molecule has 5 rings (SSSR count). The summed E-state index contributed by atoms with van der Waals surface area (Å²) in [5.41, 5.74) is 3.65. The minimum Gasteiger partial charge on any atom is -0.361 e. The molecule has 0 unspecified atom stereocenters. The van der Waals surface area contributed by atoms with Gasteiger partial charge in [-0.15, -0.1) is 0 Å². The van der Waals surface area contributed by atoms with Crippen molar-refractivity contribution in [2.45, 2.75) is 19.6 Å². The number of fused-ring (bicyclic) bond motifs is 1. The van der Waals surface area contributed by atoms with Crippen LogP contribution in [0.5, 0.6) is 0 Å². The van der Waals surface area contributed by atoms with Crippen molar-refractivity contribution in [3.8, 4) is 11.3 Å². The molecule has 0 amide bonds. The van der Waals surface area contributed by atoms with E-state index in [9.17, 15) is 13.6 Å². The molecular formula is C27H24F2N6O. The molecule has 0 saturated carbocycles. The third kappa shape index (κ3) is 5.31. The summed E-state index contributed by atoms with van der Waals surface area (Å²) in [6, 6.07) is 16.8. The topological polar surface area (TPSA) is 87.6 Å². The van der Waals surface area contributed by atoms with Crippen LogP contribution < -0.4 is 16.2 Å². The van der Waals surface area contributed by atoms with Crippen molar-refractivity contribution in [3.05, 3.63) is 112 Å². The molecule has 0 spiro atoms. The fraction of sp³-hybridized carbons (Fsp3) is 0.148. The van der Waals surface area contributed by atoms with Crippen LogP contribution in [0.15, 0.2) is 84.0 Å². The first-order valence-corrected chi connectivity index (χ1v) is 11.5. The van der Waals surface area contributed by atoms with Crippen LogP contribution in [0.2, 0.25) is 0 Å². The standard InChI is InChI=1S/C27H24F2N6O/c28-21-10-18(11-22(29)13-21)14-32-26-27(36)35(25(17-33-26)19-4-2-1-3-5-19)9-8-31-16-23-12-20-15-30-7-6-24(20)34-23/h1-7,10-13,15,17,31,34H,8-9,14,16H2,(H,32,33). The van der Waals surface area contributed by atoms with Crippen molar-refractivity contribution in [1.82, 2.24) is 24.8 Å². The van der Waals surface area contributed by atoms with Crippen LogP contribution in [0.25, 0.3) is 22.2 Å². The fourth-order valence-electron chi connectivity index (χ4n) is 4.11. The van der Waals surface area contributed by atoms with E-state index < -0.39 is 11.6 Å². The van der Waals surface area contributed by atoms with Crippen molar-refractivity contribution < 1.29 is 8.78 Å². The number of hydrogen-bond donors (Lipinski definition) is 3. The van der Waals surface area contributed by atoms with E-state index in [0.29, 0.717) is 30.9 Å². The molecule has 0 fully saturated rings. The third-order valence-electron chi connectivity index (χ3n) is 5.81. The van der Waals surface area contributed by atoms with Crippen molar-refractivity contribution in [3.63, 3.8) is 0 Å². The SMILES string of the molecule is O=c1c(NCc2cc(F)cc(F)c2)ncc(-c2ccccc2)n1CCNCc1cc2cnccc2[nH]1. The average Bonchev–Trinajstić information content (AvgIpc) is 3.29. The summed E-state index contributed by atoms with van der Waals surface area (Å²) in [6.45, 7) is 1.60. The normalized spacial score (nSPS) is 11.2. The predicted octanol–water partition coefficient (Wildman–Crippen LogP) is 4.47. The van der Waals surface area contributed by atoms with Gasteiger partial charge in [0.15, 0.2) is 5.82 Å². The summed E-state index contributed by atoms with van der Waals surface area (Å²) >= 11 is 0. The summed E-state index contributed by atoms with van der Waals surface area (Å²) < 4.78 is 28.7. The highest BCUT2D eigenvalue weighted by molar-refractivity contribution is 5.79. The molecule has 0 atom stereocenters. The molecule has 7 nitrogen and oxygen atoms in total. The molecule has 3 heterocycles. The van der Waals surface area contributed by atoms with Gasteiger partial charge in [0, 0.05) is 61.2 Å². The Kier molecular flexibility index (Phi) is 6.81. The fourth-order valence-corrected chi connectivity index (χ4v) is 4.11. The van der Waals surface area contributed by atoms with E-state index in [0.717, 1.165) is 28.2 Å². The summed E-state index contributed by atoms with van der Waals surface area (Å²) in [7, 11) is 0. The summed E-state index contributed by atoms with van der Waals surface area (Å²) in [4.78, 5) is 25.1. The number of nitrogens with zero attached hydrogens (tertiary/aromatic N) is 3. The number of aromatic amines is 1. The first-order chi connectivity index (χ1) is 17.6. The Morgan fingerprint density at radius 2 is 1.75 bits per heavy atom. The van der Waals surface area contributed by atoms with E-state index in [-0.39, 0.29) is 17.9 Å². The van der Waals surface area contributed by atoms with Gasteiger partial charge in [0.05, 0.1) is 11.9 Å². The van der Waals surface area contributed by atoms with Crippen LogP contribution in [0.1, 0.15) is 11.3 Å². The van der Waals surface area contributed by atoms with Crippen LogP contribution >= 0.6 is 0 Å². The van der Waals surface area contributed by atoms with E-state index in [1.165, 1.54) is 12.1 Å². The molecule has 2 aromatic carbocycles. The van der Waals surface area contributed by atoms with Crippen LogP contribution in [0, 0.1) is 11.6 Å². The summed E-state index contributed by atoms with van der Waals surface area (Å²) in [5.74, 6) is -1.23. The Morgan fingerprint density at radius 1 is 0.944 bits per heavy atom. The van der Waals surface area contributed by atoms with Gasteiger partial charge in [0.1, 0.15) is 11.6 Å². The van der Waals surface area contributed by atoms with E-state index in [4.69, 9.17) is 0 Å². The Hall–Kier alpha value is -4.37. The smallest absolute Gasteiger partial charge is 0.293 e. The van der Waals surface area contributed by atoms with Crippen LogP contribution in [-0.4, -0.2) is 26.1 Å². The Bertz CT molecular complexity index is 1490. The zero-order chi connectivity index (χ0) is 24.9. The number of benzene rings is 2.